The van der Waals surface area contributed by atoms with Crippen molar-refractivity contribution in [2.24, 2.45) is 16.2 Å². The Morgan fingerprint density at radius 3 is 2.04 bits per heavy atom. The highest BCUT2D eigenvalue weighted by Gasteiger charge is 2.40. The Labute approximate surface area is 151 Å². The van der Waals surface area contributed by atoms with E-state index in [4.69, 9.17) is 9.05 Å². The highest BCUT2D eigenvalue weighted by molar-refractivity contribution is 7.47. The molecule has 2 N–H and O–H groups in total. The highest BCUT2D eigenvalue weighted by atomic mass is 31.2. The van der Waals surface area contributed by atoms with Crippen molar-refractivity contribution < 1.29 is 28.4 Å². The van der Waals surface area contributed by atoms with Gasteiger partial charge in [0.25, 0.3) is 0 Å². The van der Waals surface area contributed by atoms with Gasteiger partial charge < -0.3 is 14.9 Å². The summed E-state index contributed by atoms with van der Waals surface area (Å²) in [5.41, 5.74) is -1.33. The molecular weight excluding hydrogens is 345 g/mol. The lowest BCUT2D eigenvalue weighted by Crippen LogP contribution is -2.49. The minimum Gasteiger partial charge on any atom is -0.396 e. The van der Waals surface area contributed by atoms with Crippen molar-refractivity contribution in [1.29, 1.82) is 0 Å². The molecular formula is C17H34NO6P. The summed E-state index contributed by atoms with van der Waals surface area (Å²) in [6.07, 6.45) is 1.04. The van der Waals surface area contributed by atoms with Crippen LogP contribution in [-0.4, -0.2) is 53.7 Å². The van der Waals surface area contributed by atoms with Crippen molar-refractivity contribution in [3.05, 3.63) is 0 Å². The largest absolute Gasteiger partial charge is 0.472 e. The van der Waals surface area contributed by atoms with Crippen LogP contribution in [0.3, 0.4) is 0 Å². The molecule has 1 atom stereocenters. The molecule has 0 saturated carbocycles. The van der Waals surface area contributed by atoms with Crippen molar-refractivity contribution >= 4 is 13.7 Å². The smallest absolute Gasteiger partial charge is 0.396 e. The third kappa shape index (κ3) is 7.35. The maximum absolute atomic E-state index is 12.3. The molecule has 0 aromatic heterocycles. The van der Waals surface area contributed by atoms with Crippen molar-refractivity contribution in [2.45, 2.75) is 54.4 Å². The summed E-state index contributed by atoms with van der Waals surface area (Å²) in [5, 5.41) is 9.79. The molecule has 1 saturated heterocycles. The van der Waals surface area contributed by atoms with E-state index in [-0.39, 0.29) is 31.1 Å². The summed E-state index contributed by atoms with van der Waals surface area (Å²) < 4.78 is 22.2. The van der Waals surface area contributed by atoms with Gasteiger partial charge in [0.05, 0.1) is 19.8 Å². The van der Waals surface area contributed by atoms with Gasteiger partial charge in [0.1, 0.15) is 0 Å². The van der Waals surface area contributed by atoms with E-state index in [9.17, 15) is 19.4 Å². The van der Waals surface area contributed by atoms with Gasteiger partial charge in [-0.2, -0.15) is 0 Å². The molecule has 0 aliphatic carbocycles. The summed E-state index contributed by atoms with van der Waals surface area (Å²) in [4.78, 5) is 24.0. The molecule has 1 heterocycles. The second-order valence-electron chi connectivity index (χ2n) is 9.28. The van der Waals surface area contributed by atoms with E-state index in [1.807, 2.05) is 41.5 Å². The van der Waals surface area contributed by atoms with Crippen LogP contribution in [0.15, 0.2) is 0 Å². The van der Waals surface area contributed by atoms with Crippen LogP contribution in [0.2, 0.25) is 0 Å². The average Bonchev–Trinajstić information content (AvgIpc) is 2.50. The molecule has 0 radical (unpaired) electrons. The zero-order valence-electron chi connectivity index (χ0n) is 16.4. The fourth-order valence-corrected chi connectivity index (χ4v) is 3.60. The van der Waals surface area contributed by atoms with Crippen molar-refractivity contribution in [3.63, 3.8) is 0 Å². The Bertz CT molecular complexity index is 500. The van der Waals surface area contributed by atoms with Crippen LogP contribution in [0.4, 0.5) is 0 Å². The number of likely N-dealkylation sites (tertiary alicyclic amines) is 1. The highest BCUT2D eigenvalue weighted by Crippen LogP contribution is 2.47. The maximum atomic E-state index is 12.3. The average molecular weight is 379 g/mol. The molecule has 8 heteroatoms. The normalized spacial score (nSPS) is 21.0. The monoisotopic (exact) mass is 379 g/mol. The fraction of sp³-hybridized carbons (Fsp3) is 0.941. The number of aliphatic hydroxyl groups is 1. The number of aliphatic hydroxyl groups excluding tert-OH is 1. The number of piperidine rings is 1. The van der Waals surface area contributed by atoms with Crippen LogP contribution in [0.1, 0.15) is 54.4 Å². The molecule has 1 aliphatic heterocycles. The number of hydrogen-bond acceptors (Lipinski definition) is 5. The molecule has 7 nitrogen and oxygen atoms in total. The first-order valence-electron chi connectivity index (χ1n) is 8.72. The van der Waals surface area contributed by atoms with E-state index < -0.39 is 18.7 Å². The molecule has 1 rings (SSSR count). The minimum atomic E-state index is -4.16. The summed E-state index contributed by atoms with van der Waals surface area (Å²) in [6, 6.07) is 0. The van der Waals surface area contributed by atoms with Gasteiger partial charge >= 0.3 is 7.82 Å². The van der Waals surface area contributed by atoms with E-state index in [2.05, 4.69) is 0 Å². The second kappa shape index (κ2) is 8.05. The third-order valence-electron chi connectivity index (χ3n) is 4.28. The van der Waals surface area contributed by atoms with Crippen LogP contribution in [0, 0.1) is 16.2 Å². The SMILES string of the molecule is CC(C)(C)COP(=O)(O)OCC1(CO)CCN(C(=O)C(C)(C)C)CC1. The summed E-state index contributed by atoms with van der Waals surface area (Å²) in [6.45, 7) is 12.2. The lowest BCUT2D eigenvalue weighted by molar-refractivity contribution is -0.143. The molecule has 0 spiro atoms. The van der Waals surface area contributed by atoms with Gasteiger partial charge in [0.15, 0.2) is 0 Å². The molecule has 148 valence electrons. The first-order chi connectivity index (χ1) is 11.2. The Kier molecular flexibility index (Phi) is 7.27. The van der Waals surface area contributed by atoms with Gasteiger partial charge in [-0.25, -0.2) is 4.57 Å². The lowest BCUT2D eigenvalue weighted by Gasteiger charge is -2.42. The number of carbonyl (C=O) groups excluding carboxylic acids is 1. The standard InChI is InChI=1S/C17H34NO6P/c1-15(2,3)12-23-25(21,22)24-13-17(11-19)7-9-18(10-8-17)14(20)16(4,5)6/h19H,7-13H2,1-6H3,(H,21,22). The molecule has 0 aromatic carbocycles. The Morgan fingerprint density at radius 1 is 1.12 bits per heavy atom. The van der Waals surface area contributed by atoms with Crippen molar-refractivity contribution in [2.75, 3.05) is 32.9 Å². The van der Waals surface area contributed by atoms with E-state index >= 15 is 0 Å². The predicted molar refractivity (Wildman–Crippen MR) is 96.0 cm³/mol. The molecule has 1 unspecified atom stereocenters. The number of hydrogen-bond donors (Lipinski definition) is 2. The summed E-state index contributed by atoms with van der Waals surface area (Å²) >= 11 is 0. The Hall–Kier alpha value is -0.460. The Balaban J connectivity index is 2.60. The first kappa shape index (κ1) is 22.6. The van der Waals surface area contributed by atoms with Crippen molar-refractivity contribution in [3.8, 4) is 0 Å². The van der Waals surface area contributed by atoms with E-state index in [1.165, 1.54) is 0 Å². The zero-order valence-corrected chi connectivity index (χ0v) is 17.3. The number of nitrogens with zero attached hydrogens (tertiary/aromatic N) is 1. The number of phosphoric ester groups is 1. The topological polar surface area (TPSA) is 96.3 Å². The van der Waals surface area contributed by atoms with Crippen LogP contribution in [0.25, 0.3) is 0 Å². The van der Waals surface area contributed by atoms with Gasteiger partial charge in [-0.3, -0.25) is 13.8 Å². The number of amides is 1. The van der Waals surface area contributed by atoms with Crippen molar-refractivity contribution in [1.82, 2.24) is 4.90 Å². The Morgan fingerprint density at radius 2 is 1.64 bits per heavy atom. The van der Waals surface area contributed by atoms with Gasteiger partial charge in [-0.05, 0) is 18.3 Å². The van der Waals surface area contributed by atoms with Gasteiger partial charge in [0.2, 0.25) is 5.91 Å². The minimum absolute atomic E-state index is 0.0705. The van der Waals surface area contributed by atoms with Gasteiger partial charge in [-0.1, -0.05) is 41.5 Å². The first-order valence-corrected chi connectivity index (χ1v) is 10.2. The number of rotatable bonds is 6. The number of carbonyl (C=O) groups is 1. The second-order valence-corrected chi connectivity index (χ2v) is 10.7. The predicted octanol–water partition coefficient (Wildman–Crippen LogP) is 2.81. The van der Waals surface area contributed by atoms with E-state index in [1.54, 1.807) is 4.90 Å². The molecule has 0 aromatic rings. The zero-order chi connectivity index (χ0) is 19.5. The van der Waals surface area contributed by atoms with Gasteiger partial charge in [-0.15, -0.1) is 0 Å². The van der Waals surface area contributed by atoms with Crippen LogP contribution >= 0.6 is 7.82 Å². The molecule has 1 amide bonds. The molecule has 25 heavy (non-hydrogen) atoms. The third-order valence-corrected chi connectivity index (χ3v) is 5.19. The fourth-order valence-electron chi connectivity index (χ4n) is 2.54. The van der Waals surface area contributed by atoms with E-state index in [0.717, 1.165) is 0 Å². The van der Waals surface area contributed by atoms with Crippen LogP contribution in [0.5, 0.6) is 0 Å². The quantitative estimate of drug-likeness (QED) is 0.689. The van der Waals surface area contributed by atoms with Crippen LogP contribution < -0.4 is 0 Å². The lowest BCUT2D eigenvalue weighted by atomic mass is 9.79. The molecule has 0 bridgehead atoms. The molecule has 1 aliphatic rings. The molecule has 1 fully saturated rings. The maximum Gasteiger partial charge on any atom is 0.472 e. The summed E-state index contributed by atoms with van der Waals surface area (Å²) in [7, 11) is -4.16. The van der Waals surface area contributed by atoms with Gasteiger partial charge in [0, 0.05) is 23.9 Å². The van der Waals surface area contributed by atoms with E-state index in [0.29, 0.717) is 25.9 Å². The van der Waals surface area contributed by atoms with Crippen LogP contribution in [-0.2, 0) is 18.4 Å². The summed E-state index contributed by atoms with van der Waals surface area (Å²) in [5.74, 6) is 0.0706. The number of phosphoric acid groups is 1.